The number of primary sulfonamides is 1. The highest BCUT2D eigenvalue weighted by atomic mass is 32.2. The van der Waals surface area contributed by atoms with Crippen LogP contribution < -0.4 is 10.5 Å². The topological polar surface area (TPSA) is 136 Å². The molecule has 0 fully saturated rings. The summed E-state index contributed by atoms with van der Waals surface area (Å²) in [6.45, 7) is 3.47. The number of carbonyl (C=O) groups excluding carboxylic acids is 2. The van der Waals surface area contributed by atoms with Crippen LogP contribution >= 0.6 is 0 Å². The molecule has 0 bridgehead atoms. The molecule has 1 amide bonds. The molecule has 9 heteroatoms. The number of nitrogens with two attached hydrogens (primary N) is 1. The number of aryl methyl sites for hydroxylation is 1. The minimum absolute atomic E-state index is 0.00500. The van der Waals surface area contributed by atoms with E-state index < -0.39 is 28.0 Å². The molecule has 0 saturated heterocycles. The number of carbonyl (C=O) groups is 2. The number of sulfonamides is 1. The van der Waals surface area contributed by atoms with E-state index in [1.807, 2.05) is 0 Å². The first-order valence-electron chi connectivity index (χ1n) is 8.48. The highest BCUT2D eigenvalue weighted by Gasteiger charge is 2.20. The second-order valence-corrected chi connectivity index (χ2v) is 7.86. The van der Waals surface area contributed by atoms with E-state index in [1.54, 1.807) is 25.1 Å². The number of amides is 1. The SMILES string of the molecule is Cc1ccc(O)c(C(=O)O[C@@H](C)C(=O)NCCc2ccc(S(N)(=O)=O)cc2)c1. The summed E-state index contributed by atoms with van der Waals surface area (Å²) in [5.74, 6) is -1.49. The van der Waals surface area contributed by atoms with E-state index in [0.717, 1.165) is 11.1 Å². The van der Waals surface area contributed by atoms with Crippen molar-refractivity contribution in [1.29, 1.82) is 0 Å². The molecule has 2 rings (SSSR count). The number of rotatable bonds is 7. The third-order valence-electron chi connectivity index (χ3n) is 3.99. The fourth-order valence-electron chi connectivity index (χ4n) is 2.41. The highest BCUT2D eigenvalue weighted by molar-refractivity contribution is 7.89. The third kappa shape index (κ3) is 5.80. The van der Waals surface area contributed by atoms with Gasteiger partial charge >= 0.3 is 5.97 Å². The number of ether oxygens (including phenoxy) is 1. The molecule has 28 heavy (non-hydrogen) atoms. The molecule has 0 aliphatic heterocycles. The van der Waals surface area contributed by atoms with Crippen LogP contribution in [0.1, 0.15) is 28.4 Å². The lowest BCUT2D eigenvalue weighted by atomic mass is 10.1. The van der Waals surface area contributed by atoms with Crippen molar-refractivity contribution in [2.24, 2.45) is 5.14 Å². The van der Waals surface area contributed by atoms with Crippen LogP contribution in [0.25, 0.3) is 0 Å². The largest absolute Gasteiger partial charge is 0.507 e. The quantitative estimate of drug-likeness (QED) is 0.592. The summed E-state index contributed by atoms with van der Waals surface area (Å²) < 4.78 is 27.5. The van der Waals surface area contributed by atoms with Crippen molar-refractivity contribution >= 4 is 21.9 Å². The molecule has 150 valence electrons. The van der Waals surface area contributed by atoms with Crippen LogP contribution in [0, 0.1) is 6.92 Å². The Bertz CT molecular complexity index is 970. The standard InChI is InChI=1S/C19H22N2O6S/c1-12-3-8-17(22)16(11-12)19(24)27-13(2)18(23)21-10-9-14-4-6-15(7-5-14)28(20,25)26/h3-8,11,13,22H,9-10H2,1-2H3,(H,21,23)(H2,20,25,26)/t13-/m0/s1. The lowest BCUT2D eigenvalue weighted by Gasteiger charge is -2.14. The van der Waals surface area contributed by atoms with Gasteiger partial charge < -0.3 is 15.2 Å². The number of aromatic hydroxyl groups is 1. The number of phenols is 1. The minimum atomic E-state index is -3.74. The molecule has 0 aliphatic carbocycles. The highest BCUT2D eigenvalue weighted by Crippen LogP contribution is 2.19. The number of hydrogen-bond donors (Lipinski definition) is 3. The molecule has 8 nitrogen and oxygen atoms in total. The maximum atomic E-state index is 12.1. The van der Waals surface area contributed by atoms with E-state index in [4.69, 9.17) is 9.88 Å². The van der Waals surface area contributed by atoms with Gasteiger partial charge in [0.25, 0.3) is 5.91 Å². The molecule has 0 aromatic heterocycles. The van der Waals surface area contributed by atoms with Crippen molar-refractivity contribution < 1.29 is 27.9 Å². The van der Waals surface area contributed by atoms with Gasteiger partial charge in [0.05, 0.1) is 4.90 Å². The van der Waals surface area contributed by atoms with Crippen LogP contribution in [0.15, 0.2) is 47.4 Å². The summed E-state index contributed by atoms with van der Waals surface area (Å²) in [5.41, 5.74) is 1.58. The zero-order valence-corrected chi connectivity index (χ0v) is 16.3. The zero-order valence-electron chi connectivity index (χ0n) is 15.5. The fourth-order valence-corrected chi connectivity index (χ4v) is 2.93. The van der Waals surface area contributed by atoms with Crippen LogP contribution in [0.2, 0.25) is 0 Å². The first-order chi connectivity index (χ1) is 13.1. The Morgan fingerprint density at radius 2 is 1.82 bits per heavy atom. The van der Waals surface area contributed by atoms with Gasteiger partial charge in [0, 0.05) is 6.54 Å². The van der Waals surface area contributed by atoms with Crippen LogP contribution in [0.4, 0.5) is 0 Å². The van der Waals surface area contributed by atoms with Gasteiger partial charge in [-0.05, 0) is 50.1 Å². The van der Waals surface area contributed by atoms with Crippen molar-refractivity contribution in [2.45, 2.75) is 31.3 Å². The van der Waals surface area contributed by atoms with Gasteiger partial charge in [-0.2, -0.15) is 0 Å². The first-order valence-corrected chi connectivity index (χ1v) is 10.0. The van der Waals surface area contributed by atoms with Gasteiger partial charge in [-0.25, -0.2) is 18.4 Å². The van der Waals surface area contributed by atoms with Crippen molar-refractivity contribution in [3.63, 3.8) is 0 Å². The van der Waals surface area contributed by atoms with Gasteiger partial charge in [-0.15, -0.1) is 0 Å². The molecule has 4 N–H and O–H groups in total. The predicted molar refractivity (Wildman–Crippen MR) is 102 cm³/mol. The lowest BCUT2D eigenvalue weighted by molar-refractivity contribution is -0.129. The van der Waals surface area contributed by atoms with E-state index in [0.29, 0.717) is 6.42 Å². The maximum Gasteiger partial charge on any atom is 0.342 e. The Labute approximate surface area is 163 Å². The summed E-state index contributed by atoms with van der Waals surface area (Å²) in [5, 5.41) is 17.4. The Morgan fingerprint density at radius 3 is 2.43 bits per heavy atom. The van der Waals surface area contributed by atoms with Gasteiger partial charge in [-0.1, -0.05) is 23.8 Å². The third-order valence-corrected chi connectivity index (χ3v) is 4.92. The van der Waals surface area contributed by atoms with Gasteiger partial charge in [-0.3, -0.25) is 4.79 Å². The van der Waals surface area contributed by atoms with Crippen LogP contribution in [0.3, 0.4) is 0 Å². The normalized spacial score (nSPS) is 12.2. The monoisotopic (exact) mass is 406 g/mol. The average molecular weight is 406 g/mol. The molecule has 0 unspecified atom stereocenters. The molecular weight excluding hydrogens is 384 g/mol. The molecule has 0 saturated carbocycles. The second-order valence-electron chi connectivity index (χ2n) is 6.30. The Hall–Kier alpha value is -2.91. The fraction of sp³-hybridized carbons (Fsp3) is 0.263. The van der Waals surface area contributed by atoms with E-state index in [2.05, 4.69) is 5.32 Å². The molecule has 1 atom stereocenters. The van der Waals surface area contributed by atoms with Gasteiger partial charge in [0.2, 0.25) is 10.0 Å². The van der Waals surface area contributed by atoms with Gasteiger partial charge in [0.15, 0.2) is 6.10 Å². The second kappa shape index (κ2) is 8.85. The predicted octanol–water partition coefficient (Wildman–Crippen LogP) is 1.25. The van der Waals surface area contributed by atoms with Crippen molar-refractivity contribution in [3.8, 4) is 5.75 Å². The van der Waals surface area contributed by atoms with Crippen molar-refractivity contribution in [2.75, 3.05) is 6.54 Å². The van der Waals surface area contributed by atoms with Crippen molar-refractivity contribution in [1.82, 2.24) is 5.32 Å². The lowest BCUT2D eigenvalue weighted by Crippen LogP contribution is -2.36. The summed E-state index contributed by atoms with van der Waals surface area (Å²) in [6.07, 6.45) is -0.590. The van der Waals surface area contributed by atoms with E-state index in [-0.39, 0.29) is 22.8 Å². The summed E-state index contributed by atoms with van der Waals surface area (Å²) in [4.78, 5) is 24.2. The zero-order chi connectivity index (χ0) is 20.9. The number of hydrogen-bond acceptors (Lipinski definition) is 6. The van der Waals surface area contributed by atoms with Crippen LogP contribution in [0.5, 0.6) is 5.75 Å². The number of benzene rings is 2. The van der Waals surface area contributed by atoms with E-state index in [1.165, 1.54) is 31.2 Å². The Morgan fingerprint density at radius 1 is 1.18 bits per heavy atom. The maximum absolute atomic E-state index is 12.1. The molecule has 0 heterocycles. The number of phenolic OH excluding ortho intramolecular Hbond substituents is 1. The number of esters is 1. The Balaban J connectivity index is 1.85. The van der Waals surface area contributed by atoms with Crippen LogP contribution in [-0.4, -0.2) is 38.0 Å². The summed E-state index contributed by atoms with van der Waals surface area (Å²) in [6, 6.07) is 10.5. The molecule has 2 aromatic carbocycles. The van der Waals surface area contributed by atoms with E-state index >= 15 is 0 Å². The molecule has 2 aromatic rings. The summed E-state index contributed by atoms with van der Waals surface area (Å²) in [7, 11) is -3.74. The smallest absolute Gasteiger partial charge is 0.342 e. The van der Waals surface area contributed by atoms with E-state index in [9.17, 15) is 23.1 Å². The molecular formula is C19H22N2O6S. The average Bonchev–Trinajstić information content (AvgIpc) is 2.63. The molecule has 0 radical (unpaired) electrons. The first kappa shape index (κ1) is 21.4. The molecule has 0 spiro atoms. The van der Waals surface area contributed by atoms with Crippen molar-refractivity contribution in [3.05, 3.63) is 59.2 Å². The Kier molecular flexibility index (Phi) is 6.76. The van der Waals surface area contributed by atoms with Gasteiger partial charge in [0.1, 0.15) is 11.3 Å². The van der Waals surface area contributed by atoms with Crippen LogP contribution in [-0.2, 0) is 26.0 Å². The molecule has 0 aliphatic rings. The summed E-state index contributed by atoms with van der Waals surface area (Å²) >= 11 is 0. The number of nitrogens with one attached hydrogen (secondary N) is 1. The minimum Gasteiger partial charge on any atom is -0.507 e.